The van der Waals surface area contributed by atoms with E-state index in [1.165, 1.54) is 24.3 Å². The molecule has 1 atom stereocenters. The summed E-state index contributed by atoms with van der Waals surface area (Å²) in [6.45, 7) is 3.16. The van der Waals surface area contributed by atoms with Gasteiger partial charge in [-0.25, -0.2) is 0 Å². The molecule has 0 aliphatic carbocycles. The molecule has 31 heavy (non-hydrogen) atoms. The Bertz CT molecular complexity index is 992. The van der Waals surface area contributed by atoms with Crippen molar-refractivity contribution >= 4 is 18.3 Å². The average molecular weight is 447 g/mol. The van der Waals surface area contributed by atoms with Gasteiger partial charge in [-0.15, -0.1) is 0 Å². The van der Waals surface area contributed by atoms with Gasteiger partial charge < -0.3 is 9.31 Å². The molecule has 0 radical (unpaired) electrons. The van der Waals surface area contributed by atoms with E-state index in [-0.39, 0.29) is 23.9 Å². The molecule has 1 aliphatic heterocycles. The quantitative estimate of drug-likeness (QED) is 0.283. The van der Waals surface area contributed by atoms with Gasteiger partial charge in [0.1, 0.15) is 0 Å². The summed E-state index contributed by atoms with van der Waals surface area (Å²) in [6, 6.07) is 6.78. The van der Waals surface area contributed by atoms with Crippen LogP contribution in [-0.2, 0) is 21.7 Å². The fraction of sp³-hybridized carbons (Fsp3) is 0.368. The number of alkyl halides is 6. The van der Waals surface area contributed by atoms with Gasteiger partial charge in [-0.3, -0.25) is 10.1 Å². The molecule has 0 bridgehead atoms. The molecule has 0 amide bonds. The predicted molar refractivity (Wildman–Crippen MR) is 98.5 cm³/mol. The van der Waals surface area contributed by atoms with Gasteiger partial charge >= 0.3 is 19.5 Å². The molecule has 0 saturated carbocycles. The van der Waals surface area contributed by atoms with Crippen molar-refractivity contribution in [2.24, 2.45) is 5.41 Å². The molecule has 0 spiro atoms. The Morgan fingerprint density at radius 1 is 1.06 bits per heavy atom. The van der Waals surface area contributed by atoms with E-state index < -0.39 is 52.5 Å². The second kappa shape index (κ2) is 7.83. The van der Waals surface area contributed by atoms with Gasteiger partial charge in [-0.05, 0) is 17.6 Å². The number of benzene rings is 2. The highest BCUT2D eigenvalue weighted by molar-refractivity contribution is 6.62. The minimum Gasteiger partial charge on any atom is -0.407 e. The zero-order chi connectivity index (χ0) is 23.2. The van der Waals surface area contributed by atoms with Gasteiger partial charge in [-0.2, -0.15) is 26.3 Å². The van der Waals surface area contributed by atoms with Crippen molar-refractivity contribution in [3.63, 3.8) is 0 Å². The average Bonchev–Trinajstić information content (AvgIpc) is 2.66. The van der Waals surface area contributed by atoms with E-state index in [0.717, 1.165) is 0 Å². The van der Waals surface area contributed by atoms with Gasteiger partial charge in [0.2, 0.25) is 0 Å². The third kappa shape index (κ3) is 4.69. The number of rotatable bonds is 3. The Kier molecular flexibility index (Phi) is 5.83. The third-order valence-electron chi connectivity index (χ3n) is 4.93. The third-order valence-corrected chi connectivity index (χ3v) is 4.93. The van der Waals surface area contributed by atoms with E-state index in [1.54, 1.807) is 13.8 Å². The zero-order valence-electron chi connectivity index (χ0n) is 16.3. The molecule has 166 valence electrons. The molecule has 1 saturated heterocycles. The van der Waals surface area contributed by atoms with Crippen LogP contribution in [0.25, 0.3) is 0 Å². The Labute approximate surface area is 173 Å². The van der Waals surface area contributed by atoms with Crippen molar-refractivity contribution in [1.82, 2.24) is 0 Å². The van der Waals surface area contributed by atoms with Crippen LogP contribution in [0.3, 0.4) is 0 Å². The lowest BCUT2D eigenvalue weighted by atomic mass is 9.70. The Morgan fingerprint density at radius 3 is 2.29 bits per heavy atom. The summed E-state index contributed by atoms with van der Waals surface area (Å²) in [5, 5.41) is 11.4. The maximum absolute atomic E-state index is 13.5. The number of para-hydroxylation sites is 1. The topological polar surface area (TPSA) is 61.6 Å². The zero-order valence-corrected chi connectivity index (χ0v) is 16.3. The fourth-order valence-electron chi connectivity index (χ4n) is 3.43. The molecule has 0 N–H and O–H groups in total. The van der Waals surface area contributed by atoms with Gasteiger partial charge in [0.05, 0.1) is 27.7 Å². The smallest absolute Gasteiger partial charge is 0.407 e. The van der Waals surface area contributed by atoms with Crippen molar-refractivity contribution in [1.29, 1.82) is 0 Å². The minimum absolute atomic E-state index is 0.00176. The standard InChI is InChI=1S/C19H16BF6NO4/c1-17(2)10-30-20(31-16(17)12-5-3-4-6-15(12)27(28)29)14-8-7-11(18(21,22)23)9-13(14)19(24,25)26/h3-9,16H,10H2,1-2H3. The van der Waals surface area contributed by atoms with E-state index >= 15 is 0 Å². The molecular weight excluding hydrogens is 431 g/mol. The van der Waals surface area contributed by atoms with Gasteiger partial charge in [-0.1, -0.05) is 38.1 Å². The van der Waals surface area contributed by atoms with Gasteiger partial charge in [0.25, 0.3) is 5.69 Å². The van der Waals surface area contributed by atoms with Gasteiger partial charge in [0.15, 0.2) is 0 Å². The summed E-state index contributed by atoms with van der Waals surface area (Å²) in [4.78, 5) is 10.8. The van der Waals surface area contributed by atoms with Crippen molar-refractivity contribution in [3.05, 3.63) is 69.3 Å². The first-order chi connectivity index (χ1) is 14.2. The second-order valence-corrected chi connectivity index (χ2v) is 7.76. The maximum atomic E-state index is 13.5. The number of halogens is 6. The maximum Gasteiger partial charge on any atom is 0.494 e. The molecule has 1 fully saturated rings. The van der Waals surface area contributed by atoms with E-state index in [0.29, 0.717) is 12.1 Å². The summed E-state index contributed by atoms with van der Waals surface area (Å²) in [7, 11) is -1.67. The second-order valence-electron chi connectivity index (χ2n) is 7.76. The summed E-state index contributed by atoms with van der Waals surface area (Å²) in [6.07, 6.45) is -11.1. The molecule has 5 nitrogen and oxygen atoms in total. The number of nitro groups is 1. The first-order valence-corrected chi connectivity index (χ1v) is 9.00. The summed E-state index contributed by atoms with van der Waals surface area (Å²) >= 11 is 0. The summed E-state index contributed by atoms with van der Waals surface area (Å²) in [5.41, 5.74) is -4.67. The monoisotopic (exact) mass is 447 g/mol. The number of nitro benzene ring substituents is 1. The largest absolute Gasteiger partial charge is 0.494 e. The highest BCUT2D eigenvalue weighted by Crippen LogP contribution is 2.44. The van der Waals surface area contributed by atoms with Crippen LogP contribution in [0.5, 0.6) is 0 Å². The molecule has 3 rings (SSSR count). The van der Waals surface area contributed by atoms with Crippen LogP contribution >= 0.6 is 0 Å². The van der Waals surface area contributed by atoms with E-state index in [4.69, 9.17) is 9.31 Å². The molecule has 2 aromatic carbocycles. The number of hydrogen-bond acceptors (Lipinski definition) is 4. The van der Waals surface area contributed by atoms with Crippen LogP contribution in [-0.4, -0.2) is 18.6 Å². The molecular formula is C19H16BF6NO4. The molecule has 0 aromatic heterocycles. The molecule has 1 heterocycles. The normalized spacial score (nSPS) is 19.4. The van der Waals surface area contributed by atoms with E-state index in [9.17, 15) is 36.5 Å². The van der Waals surface area contributed by atoms with Crippen LogP contribution in [0.4, 0.5) is 32.0 Å². The van der Waals surface area contributed by atoms with E-state index in [1.807, 2.05) is 0 Å². The minimum atomic E-state index is -5.11. The summed E-state index contributed by atoms with van der Waals surface area (Å²) < 4.78 is 90.6. The van der Waals surface area contributed by atoms with Crippen molar-refractivity contribution in [3.8, 4) is 0 Å². The van der Waals surface area contributed by atoms with Crippen LogP contribution in [0.2, 0.25) is 0 Å². The van der Waals surface area contributed by atoms with E-state index in [2.05, 4.69) is 0 Å². The first-order valence-electron chi connectivity index (χ1n) is 9.00. The van der Waals surface area contributed by atoms with Crippen LogP contribution in [0, 0.1) is 15.5 Å². The molecule has 1 aliphatic rings. The van der Waals surface area contributed by atoms with Crippen molar-refractivity contribution < 1.29 is 40.6 Å². The lowest BCUT2D eigenvalue weighted by Crippen LogP contribution is -2.50. The first kappa shape index (κ1) is 23.1. The molecule has 1 unspecified atom stereocenters. The lowest BCUT2D eigenvalue weighted by molar-refractivity contribution is -0.386. The number of nitrogens with zero attached hydrogens (tertiary/aromatic N) is 1. The summed E-state index contributed by atoms with van der Waals surface area (Å²) in [5.74, 6) is 0. The molecule has 2 aromatic rings. The predicted octanol–water partition coefficient (Wildman–Crippen LogP) is 5.14. The Balaban J connectivity index is 2.07. The SMILES string of the molecule is CC1(C)COB(c2ccc(C(F)(F)F)cc2C(F)(F)F)OC1c1ccccc1[N+](=O)[O-]. The van der Waals surface area contributed by atoms with Crippen LogP contribution in [0.1, 0.15) is 36.6 Å². The van der Waals surface area contributed by atoms with Crippen molar-refractivity contribution in [2.45, 2.75) is 32.3 Å². The molecule has 12 heteroatoms. The Hall–Kier alpha value is -2.60. The Morgan fingerprint density at radius 2 is 1.71 bits per heavy atom. The highest BCUT2D eigenvalue weighted by Gasteiger charge is 2.48. The highest BCUT2D eigenvalue weighted by atomic mass is 19.4. The fourth-order valence-corrected chi connectivity index (χ4v) is 3.43. The number of hydrogen-bond donors (Lipinski definition) is 0. The van der Waals surface area contributed by atoms with Crippen LogP contribution < -0.4 is 5.46 Å². The lowest BCUT2D eigenvalue weighted by Gasteiger charge is -2.41. The van der Waals surface area contributed by atoms with Gasteiger partial charge in [0, 0.05) is 18.1 Å². The van der Waals surface area contributed by atoms with Crippen LogP contribution in [0.15, 0.2) is 42.5 Å². The van der Waals surface area contributed by atoms with Crippen molar-refractivity contribution in [2.75, 3.05) is 6.61 Å².